The fraction of sp³-hybridized carbons (Fsp3) is 0.571. The van der Waals surface area contributed by atoms with Gasteiger partial charge in [0.2, 0.25) is 0 Å². The third-order valence-corrected chi connectivity index (χ3v) is 7.00. The summed E-state index contributed by atoms with van der Waals surface area (Å²) >= 11 is 1.29. The van der Waals surface area contributed by atoms with Crippen LogP contribution in [0.3, 0.4) is 0 Å². The molecule has 0 aromatic carbocycles. The zero-order chi connectivity index (χ0) is 16.6. The van der Waals surface area contributed by atoms with Crippen molar-refractivity contribution in [2.24, 2.45) is 0 Å². The van der Waals surface area contributed by atoms with Crippen LogP contribution < -0.4 is 4.72 Å². The third kappa shape index (κ3) is 3.32. The van der Waals surface area contributed by atoms with E-state index in [1.807, 2.05) is 13.8 Å². The summed E-state index contributed by atoms with van der Waals surface area (Å²) < 4.78 is 35.2. The van der Waals surface area contributed by atoms with Gasteiger partial charge in [-0.05, 0) is 38.3 Å². The minimum atomic E-state index is -3.55. The Hall–Kier alpha value is -1.29. The quantitative estimate of drug-likeness (QED) is 0.884. The van der Waals surface area contributed by atoms with Crippen LogP contribution in [0, 0.1) is 13.8 Å². The van der Waals surface area contributed by atoms with Gasteiger partial charge in [-0.3, -0.25) is 0 Å². The minimum Gasteiger partial charge on any atom is -0.377 e. The summed E-state index contributed by atoms with van der Waals surface area (Å²) in [6, 6.07) is 1.36. The van der Waals surface area contributed by atoms with E-state index in [0.717, 1.165) is 23.4 Å². The van der Waals surface area contributed by atoms with E-state index in [1.165, 1.54) is 11.3 Å². The zero-order valence-electron chi connectivity index (χ0n) is 13.4. The lowest BCUT2D eigenvalue weighted by atomic mass is 10.1. The van der Waals surface area contributed by atoms with E-state index in [2.05, 4.69) is 14.8 Å². The molecule has 0 bridgehead atoms. The van der Waals surface area contributed by atoms with Crippen LogP contribution in [0.2, 0.25) is 0 Å². The lowest BCUT2D eigenvalue weighted by Crippen LogP contribution is -2.33. The van der Waals surface area contributed by atoms with Crippen LogP contribution in [-0.2, 0) is 27.9 Å². The number of nitrogens with zero attached hydrogens (tertiary/aromatic N) is 3. The average Bonchev–Trinajstić information content (AvgIpc) is 3.04. The van der Waals surface area contributed by atoms with Gasteiger partial charge in [-0.1, -0.05) is 0 Å². The van der Waals surface area contributed by atoms with Crippen molar-refractivity contribution in [2.75, 3.05) is 7.11 Å². The van der Waals surface area contributed by atoms with Gasteiger partial charge in [0.15, 0.2) is 5.82 Å². The van der Waals surface area contributed by atoms with Gasteiger partial charge in [-0.15, -0.1) is 11.3 Å². The van der Waals surface area contributed by atoms with Crippen molar-refractivity contribution in [3.63, 3.8) is 0 Å². The lowest BCUT2D eigenvalue weighted by molar-refractivity contribution is 0.177. The van der Waals surface area contributed by atoms with Gasteiger partial charge in [-0.2, -0.15) is 9.82 Å². The summed E-state index contributed by atoms with van der Waals surface area (Å²) in [7, 11) is -1.97. The molecule has 0 radical (unpaired) electrons. The van der Waals surface area contributed by atoms with Crippen molar-refractivity contribution >= 4 is 21.4 Å². The summed E-state index contributed by atoms with van der Waals surface area (Å²) in [5, 5.41) is 4.36. The van der Waals surface area contributed by atoms with Gasteiger partial charge in [-0.25, -0.2) is 18.1 Å². The Morgan fingerprint density at radius 2 is 2.26 bits per heavy atom. The van der Waals surface area contributed by atoms with Crippen LogP contribution in [-0.4, -0.2) is 30.3 Å². The highest BCUT2D eigenvalue weighted by molar-refractivity contribution is 7.91. The first-order chi connectivity index (χ1) is 10.9. The minimum absolute atomic E-state index is 0.322. The number of nitrogens with one attached hydrogen (secondary N) is 1. The Kier molecular flexibility index (Phi) is 4.54. The number of hydrogen-bond donors (Lipinski definition) is 1. The fourth-order valence-corrected chi connectivity index (χ4v) is 5.38. The van der Waals surface area contributed by atoms with E-state index < -0.39 is 10.0 Å². The predicted molar refractivity (Wildman–Crippen MR) is 86.8 cm³/mol. The van der Waals surface area contributed by atoms with Crippen LogP contribution in [0.25, 0.3) is 0 Å². The molecule has 1 N–H and O–H groups in total. The Morgan fingerprint density at radius 1 is 1.48 bits per heavy atom. The molecule has 2 aromatic rings. The van der Waals surface area contributed by atoms with Gasteiger partial charge in [0.1, 0.15) is 16.6 Å². The van der Waals surface area contributed by atoms with Crippen molar-refractivity contribution in [2.45, 2.75) is 50.1 Å². The Labute approximate surface area is 139 Å². The van der Waals surface area contributed by atoms with Crippen LogP contribution in [0.4, 0.5) is 0 Å². The molecule has 2 aromatic heterocycles. The Balaban J connectivity index is 1.86. The number of thiophene rings is 1. The molecule has 0 amide bonds. The first kappa shape index (κ1) is 16.6. The van der Waals surface area contributed by atoms with Crippen LogP contribution in [0.1, 0.15) is 41.0 Å². The van der Waals surface area contributed by atoms with Crippen molar-refractivity contribution in [1.29, 1.82) is 0 Å². The summed E-state index contributed by atoms with van der Waals surface area (Å²) in [5.74, 6) is 1.24. The number of hydrogen-bond acceptors (Lipinski definition) is 6. The van der Waals surface area contributed by atoms with Crippen molar-refractivity contribution in [3.05, 3.63) is 28.2 Å². The number of aromatic nitrogens is 3. The average molecular weight is 356 g/mol. The number of methoxy groups -OCH3 is 1. The lowest BCUT2D eigenvalue weighted by Gasteiger charge is -2.22. The van der Waals surface area contributed by atoms with E-state index in [0.29, 0.717) is 28.9 Å². The first-order valence-corrected chi connectivity index (χ1v) is 9.72. The molecule has 0 saturated heterocycles. The highest BCUT2D eigenvalue weighted by atomic mass is 32.2. The third-order valence-electron chi connectivity index (χ3n) is 3.90. The second kappa shape index (κ2) is 6.31. The van der Waals surface area contributed by atoms with Crippen molar-refractivity contribution < 1.29 is 13.2 Å². The molecule has 0 spiro atoms. The summed E-state index contributed by atoms with van der Waals surface area (Å²) in [6.45, 7) is 4.91. The molecule has 7 nitrogen and oxygen atoms in total. The zero-order valence-corrected chi connectivity index (χ0v) is 15.0. The van der Waals surface area contributed by atoms with Crippen molar-refractivity contribution in [3.8, 4) is 0 Å². The molecule has 0 aliphatic carbocycles. The van der Waals surface area contributed by atoms with Crippen LogP contribution in [0.5, 0.6) is 0 Å². The van der Waals surface area contributed by atoms with Crippen LogP contribution >= 0.6 is 11.3 Å². The van der Waals surface area contributed by atoms with Crippen LogP contribution in [0.15, 0.2) is 10.3 Å². The first-order valence-electron chi connectivity index (χ1n) is 7.42. The molecule has 9 heteroatoms. The van der Waals surface area contributed by atoms with E-state index >= 15 is 0 Å². The highest BCUT2D eigenvalue weighted by Gasteiger charge is 2.29. The second-order valence-corrected chi connectivity index (χ2v) is 8.86. The topological polar surface area (TPSA) is 86.1 Å². The number of ether oxygens (including phenoxy) is 1. The normalized spacial score (nSPS) is 18.1. The molecular weight excluding hydrogens is 336 g/mol. The molecule has 23 heavy (non-hydrogen) atoms. The highest BCUT2D eigenvalue weighted by Crippen LogP contribution is 2.29. The molecule has 126 valence electrons. The van der Waals surface area contributed by atoms with Gasteiger partial charge >= 0.3 is 0 Å². The molecule has 0 saturated carbocycles. The largest absolute Gasteiger partial charge is 0.377 e. The monoisotopic (exact) mass is 356 g/mol. The van der Waals surface area contributed by atoms with E-state index in [9.17, 15) is 8.42 Å². The molecule has 1 aliphatic rings. The smallest absolute Gasteiger partial charge is 0.250 e. The maximum atomic E-state index is 12.6. The van der Waals surface area contributed by atoms with E-state index in [4.69, 9.17) is 4.74 Å². The summed E-state index contributed by atoms with van der Waals surface area (Å²) in [4.78, 5) is 5.44. The number of aryl methyl sites for hydroxylation is 3. The SMILES string of the molecule is COCc1nc2n(n1)CCC[C@@H]2NS(=O)(=O)c1cc(C)c(C)s1. The predicted octanol–water partition coefficient (Wildman–Crippen LogP) is 1.92. The summed E-state index contributed by atoms with van der Waals surface area (Å²) in [6.07, 6.45) is 1.58. The summed E-state index contributed by atoms with van der Waals surface area (Å²) in [5.41, 5.74) is 0.990. The fourth-order valence-electron chi connectivity index (χ4n) is 2.62. The maximum Gasteiger partial charge on any atom is 0.250 e. The molecule has 0 fully saturated rings. The van der Waals surface area contributed by atoms with Gasteiger partial charge in [0.25, 0.3) is 10.0 Å². The van der Waals surface area contributed by atoms with E-state index in [-0.39, 0.29) is 6.04 Å². The van der Waals surface area contributed by atoms with Gasteiger partial charge < -0.3 is 4.74 Å². The molecule has 3 heterocycles. The number of sulfonamides is 1. The maximum absolute atomic E-state index is 12.6. The van der Waals surface area contributed by atoms with Gasteiger partial charge in [0, 0.05) is 18.5 Å². The number of rotatable bonds is 5. The molecule has 1 atom stereocenters. The van der Waals surface area contributed by atoms with E-state index in [1.54, 1.807) is 17.9 Å². The molecular formula is C14H20N4O3S2. The van der Waals surface area contributed by atoms with Gasteiger partial charge in [0.05, 0.1) is 6.04 Å². The Bertz CT molecular complexity index is 791. The Morgan fingerprint density at radius 3 is 2.91 bits per heavy atom. The molecule has 1 aliphatic heterocycles. The standard InChI is InChI=1S/C14H20N4O3S2/c1-9-7-13(22-10(9)2)23(19,20)17-11-5-4-6-18-14(11)15-12(16-18)8-21-3/h7,11,17H,4-6,8H2,1-3H3/t11-/m0/s1. The second-order valence-electron chi connectivity index (χ2n) is 5.66. The molecule has 0 unspecified atom stereocenters. The number of fused-ring (bicyclic) bond motifs is 1. The molecule has 3 rings (SSSR count). The van der Waals surface area contributed by atoms with Crippen molar-refractivity contribution in [1.82, 2.24) is 19.5 Å².